The SMILES string of the molecule is CCCCCCCC/C=C/CCCCCCCCCCCCCCCC(=O)N[C@@H](COP(=O)(O)OCC[N+](C)(C)C)[C@H](O)/C=C/CCCCCCCCCCC. The van der Waals surface area contributed by atoms with Gasteiger partial charge < -0.3 is 19.8 Å². The standard InChI is InChI=1S/C47H93N2O6P/c1-6-8-10-12-14-16-18-19-20-21-22-23-24-25-26-27-28-29-31-33-35-37-39-41-47(51)48-45(44-55-56(52,53)54-43-42-49(3,4)5)46(50)40-38-36-34-32-30-17-15-13-11-9-7-2/h19-20,38,40,45-46,50H,6-18,21-37,39,41-44H2,1-5H3,(H-,48,51,52,53)/p+1/b20-19+,40-38+/t45-,46+/m0/s1. The van der Waals surface area contributed by atoms with Crippen molar-refractivity contribution in [3.63, 3.8) is 0 Å². The smallest absolute Gasteiger partial charge is 0.387 e. The maximum Gasteiger partial charge on any atom is 0.472 e. The van der Waals surface area contributed by atoms with Crippen LogP contribution >= 0.6 is 7.82 Å². The molecule has 3 N–H and O–H groups in total. The van der Waals surface area contributed by atoms with Gasteiger partial charge in [0.25, 0.3) is 0 Å². The van der Waals surface area contributed by atoms with Gasteiger partial charge in [-0.3, -0.25) is 13.8 Å². The molecule has 0 aromatic carbocycles. The van der Waals surface area contributed by atoms with E-state index in [2.05, 4.69) is 31.3 Å². The molecule has 332 valence electrons. The highest BCUT2D eigenvalue weighted by Crippen LogP contribution is 2.43. The fraction of sp³-hybridized carbons (Fsp3) is 0.894. The van der Waals surface area contributed by atoms with Gasteiger partial charge in [0.2, 0.25) is 5.91 Å². The summed E-state index contributed by atoms with van der Waals surface area (Å²) in [4.78, 5) is 23.1. The van der Waals surface area contributed by atoms with Crippen LogP contribution in [0, 0.1) is 0 Å². The first kappa shape index (κ1) is 55.0. The number of unbranched alkanes of at least 4 members (excludes halogenated alkanes) is 28. The molecule has 56 heavy (non-hydrogen) atoms. The number of quaternary nitrogens is 1. The van der Waals surface area contributed by atoms with Gasteiger partial charge in [0, 0.05) is 6.42 Å². The topological polar surface area (TPSA) is 105 Å². The summed E-state index contributed by atoms with van der Waals surface area (Å²) in [7, 11) is 1.58. The number of phosphoric ester groups is 1. The lowest BCUT2D eigenvalue weighted by Crippen LogP contribution is -2.45. The van der Waals surface area contributed by atoms with E-state index in [9.17, 15) is 19.4 Å². The molecular formula is C47H94N2O6P+. The summed E-state index contributed by atoms with van der Waals surface area (Å²) < 4.78 is 23.5. The van der Waals surface area contributed by atoms with Crippen LogP contribution in [0.25, 0.3) is 0 Å². The van der Waals surface area contributed by atoms with E-state index in [1.165, 1.54) is 161 Å². The predicted octanol–water partition coefficient (Wildman–Crippen LogP) is 13.3. The molecule has 0 saturated carbocycles. The molecule has 0 spiro atoms. The number of likely N-dealkylation sites (N-methyl/N-ethyl adjacent to an activating group) is 1. The van der Waals surface area contributed by atoms with Gasteiger partial charge in [0.1, 0.15) is 13.2 Å². The van der Waals surface area contributed by atoms with Gasteiger partial charge in [-0.25, -0.2) is 4.57 Å². The Hall–Kier alpha value is -1.02. The van der Waals surface area contributed by atoms with E-state index in [1.807, 2.05) is 27.2 Å². The van der Waals surface area contributed by atoms with Crippen LogP contribution in [0.2, 0.25) is 0 Å². The molecular weight excluding hydrogens is 719 g/mol. The normalized spacial score (nSPS) is 14.5. The van der Waals surface area contributed by atoms with Gasteiger partial charge in [-0.2, -0.15) is 0 Å². The number of hydrogen-bond donors (Lipinski definition) is 3. The van der Waals surface area contributed by atoms with Crippen LogP contribution in [0.15, 0.2) is 24.3 Å². The number of carbonyl (C=O) groups is 1. The summed E-state index contributed by atoms with van der Waals surface area (Å²) >= 11 is 0. The number of phosphoric acid groups is 1. The van der Waals surface area contributed by atoms with Crippen molar-refractivity contribution in [2.24, 2.45) is 0 Å². The third-order valence-electron chi connectivity index (χ3n) is 10.7. The van der Waals surface area contributed by atoms with E-state index >= 15 is 0 Å². The maximum atomic E-state index is 12.9. The van der Waals surface area contributed by atoms with Crippen molar-refractivity contribution in [3.8, 4) is 0 Å². The molecule has 0 heterocycles. The number of hydrogen-bond acceptors (Lipinski definition) is 5. The lowest BCUT2D eigenvalue weighted by atomic mass is 10.0. The van der Waals surface area contributed by atoms with Crippen molar-refractivity contribution in [3.05, 3.63) is 24.3 Å². The Morgan fingerprint density at radius 2 is 0.964 bits per heavy atom. The fourth-order valence-electron chi connectivity index (χ4n) is 6.86. The fourth-order valence-corrected chi connectivity index (χ4v) is 7.60. The Kier molecular flexibility index (Phi) is 38.7. The van der Waals surface area contributed by atoms with Crippen LogP contribution < -0.4 is 5.32 Å². The third-order valence-corrected chi connectivity index (χ3v) is 11.6. The van der Waals surface area contributed by atoms with E-state index in [0.717, 1.165) is 38.5 Å². The summed E-state index contributed by atoms with van der Waals surface area (Å²) in [6.45, 7) is 4.80. The first-order chi connectivity index (χ1) is 27.0. The van der Waals surface area contributed by atoms with Crippen LogP contribution in [-0.2, 0) is 18.4 Å². The second kappa shape index (κ2) is 39.4. The predicted molar refractivity (Wildman–Crippen MR) is 240 cm³/mol. The van der Waals surface area contributed by atoms with Crippen molar-refractivity contribution < 1.29 is 32.9 Å². The van der Waals surface area contributed by atoms with E-state index in [0.29, 0.717) is 17.4 Å². The minimum atomic E-state index is -4.33. The molecule has 9 heteroatoms. The van der Waals surface area contributed by atoms with Crippen molar-refractivity contribution in [1.29, 1.82) is 0 Å². The highest BCUT2D eigenvalue weighted by atomic mass is 31.2. The number of carbonyl (C=O) groups excluding carboxylic acids is 1. The number of rotatable bonds is 43. The first-order valence-corrected chi connectivity index (χ1v) is 25.2. The van der Waals surface area contributed by atoms with Gasteiger partial charge in [0.05, 0.1) is 39.9 Å². The van der Waals surface area contributed by atoms with Crippen molar-refractivity contribution in [2.75, 3.05) is 40.9 Å². The number of aliphatic hydroxyl groups is 1. The second-order valence-corrected chi connectivity index (χ2v) is 18.9. The molecule has 0 aliphatic rings. The highest BCUT2D eigenvalue weighted by molar-refractivity contribution is 7.47. The van der Waals surface area contributed by atoms with Gasteiger partial charge in [-0.05, 0) is 44.9 Å². The molecule has 0 saturated heterocycles. The van der Waals surface area contributed by atoms with E-state index < -0.39 is 20.0 Å². The molecule has 0 fully saturated rings. The summed E-state index contributed by atoms with van der Waals surface area (Å²) in [5.41, 5.74) is 0. The quantitative estimate of drug-likeness (QED) is 0.0245. The van der Waals surface area contributed by atoms with E-state index in [1.54, 1.807) is 6.08 Å². The van der Waals surface area contributed by atoms with E-state index in [-0.39, 0.29) is 19.1 Å². The van der Waals surface area contributed by atoms with Crippen LogP contribution in [0.5, 0.6) is 0 Å². The zero-order valence-corrected chi connectivity index (χ0v) is 38.5. The largest absolute Gasteiger partial charge is 0.472 e. The molecule has 8 nitrogen and oxygen atoms in total. The lowest BCUT2D eigenvalue weighted by Gasteiger charge is -2.25. The minimum Gasteiger partial charge on any atom is -0.387 e. The van der Waals surface area contributed by atoms with Crippen LogP contribution in [-0.4, -0.2) is 73.4 Å². The molecule has 1 unspecified atom stereocenters. The Bertz CT molecular complexity index is 969. The van der Waals surface area contributed by atoms with Crippen LogP contribution in [0.4, 0.5) is 0 Å². The average molecular weight is 814 g/mol. The van der Waals surface area contributed by atoms with Gasteiger partial charge in [-0.1, -0.05) is 192 Å². The molecule has 3 atom stereocenters. The summed E-state index contributed by atoms with van der Waals surface area (Å²) in [5.74, 6) is -0.177. The first-order valence-electron chi connectivity index (χ1n) is 23.7. The molecule has 0 aliphatic heterocycles. The zero-order chi connectivity index (χ0) is 41.4. The Balaban J connectivity index is 4.21. The molecule has 0 rings (SSSR count). The number of allylic oxidation sites excluding steroid dienone is 3. The summed E-state index contributed by atoms with van der Waals surface area (Å²) in [6.07, 6.45) is 46.8. The Morgan fingerprint density at radius 1 is 0.589 bits per heavy atom. The summed E-state index contributed by atoms with van der Waals surface area (Å²) in [6, 6.07) is -0.842. The van der Waals surface area contributed by atoms with Crippen molar-refractivity contribution in [1.82, 2.24) is 5.32 Å². The van der Waals surface area contributed by atoms with Crippen LogP contribution in [0.3, 0.4) is 0 Å². The second-order valence-electron chi connectivity index (χ2n) is 17.5. The molecule has 0 aromatic rings. The Labute approximate surface area is 347 Å². The average Bonchev–Trinajstić information content (AvgIpc) is 3.15. The molecule has 0 bridgehead atoms. The van der Waals surface area contributed by atoms with Gasteiger partial charge in [0.15, 0.2) is 0 Å². The monoisotopic (exact) mass is 814 g/mol. The minimum absolute atomic E-state index is 0.0629. The highest BCUT2D eigenvalue weighted by Gasteiger charge is 2.27. The maximum absolute atomic E-state index is 12.9. The molecule has 0 aromatic heterocycles. The molecule has 0 aliphatic carbocycles. The number of aliphatic hydroxyl groups excluding tert-OH is 1. The lowest BCUT2D eigenvalue weighted by molar-refractivity contribution is -0.870. The van der Waals surface area contributed by atoms with E-state index in [4.69, 9.17) is 9.05 Å². The molecule has 1 amide bonds. The number of nitrogens with one attached hydrogen (secondary N) is 1. The summed E-state index contributed by atoms with van der Waals surface area (Å²) in [5, 5.41) is 13.8. The van der Waals surface area contributed by atoms with Crippen LogP contribution in [0.1, 0.15) is 219 Å². The van der Waals surface area contributed by atoms with Crippen molar-refractivity contribution in [2.45, 2.75) is 231 Å². The van der Waals surface area contributed by atoms with Gasteiger partial charge in [-0.15, -0.1) is 0 Å². The number of amides is 1. The zero-order valence-electron chi connectivity index (χ0n) is 37.6. The number of nitrogens with zero attached hydrogens (tertiary/aromatic N) is 1. The van der Waals surface area contributed by atoms with Gasteiger partial charge >= 0.3 is 7.82 Å². The Morgan fingerprint density at radius 3 is 1.38 bits per heavy atom. The third kappa shape index (κ3) is 41.2. The molecule has 0 radical (unpaired) electrons. The van der Waals surface area contributed by atoms with Crippen molar-refractivity contribution >= 4 is 13.7 Å².